The van der Waals surface area contributed by atoms with Crippen LogP contribution in [-0.2, 0) is 4.74 Å². The lowest BCUT2D eigenvalue weighted by molar-refractivity contribution is 0.186. The van der Waals surface area contributed by atoms with Gasteiger partial charge in [-0.25, -0.2) is 0 Å². The normalized spacial score (nSPS) is 18.7. The van der Waals surface area contributed by atoms with Crippen LogP contribution in [0.2, 0.25) is 0 Å². The van der Waals surface area contributed by atoms with E-state index in [1.165, 1.54) is 5.56 Å². The van der Waals surface area contributed by atoms with Crippen LogP contribution in [0.25, 0.3) is 0 Å². The molecule has 1 aliphatic heterocycles. The number of guanidine groups is 1. The average molecular weight is 460 g/mol. The van der Waals surface area contributed by atoms with Crippen molar-refractivity contribution in [2.24, 2.45) is 10.9 Å². The zero-order valence-corrected chi connectivity index (χ0v) is 18.0. The van der Waals surface area contributed by atoms with E-state index in [1.807, 2.05) is 7.05 Å². The summed E-state index contributed by atoms with van der Waals surface area (Å²) in [4.78, 5) is 6.83. The molecule has 25 heavy (non-hydrogen) atoms. The standard InChI is InChI=1S/C19H32N4O.HI/c1-4-23(5-2)18(17-9-7-6-8-10-17)14-22-19(20-3)21-13-16-11-12-24-15-16;/h6-10,16,18H,4-5,11-15H2,1-3H3,(H2,20,21,22);1H. The Bertz CT molecular complexity index is 487. The minimum absolute atomic E-state index is 0. The van der Waals surface area contributed by atoms with Gasteiger partial charge in [-0.1, -0.05) is 44.2 Å². The van der Waals surface area contributed by atoms with Gasteiger partial charge in [0.15, 0.2) is 5.96 Å². The average Bonchev–Trinajstić information content (AvgIpc) is 3.15. The maximum Gasteiger partial charge on any atom is 0.191 e. The molecule has 2 atom stereocenters. The number of aliphatic imine (C=N–C) groups is 1. The number of nitrogens with zero attached hydrogens (tertiary/aromatic N) is 2. The molecule has 0 aromatic heterocycles. The molecule has 1 aromatic rings. The molecule has 0 bridgehead atoms. The number of halogens is 1. The van der Waals surface area contributed by atoms with Crippen molar-refractivity contribution in [3.05, 3.63) is 35.9 Å². The van der Waals surface area contributed by atoms with E-state index in [2.05, 4.69) is 64.7 Å². The summed E-state index contributed by atoms with van der Waals surface area (Å²) >= 11 is 0. The summed E-state index contributed by atoms with van der Waals surface area (Å²) in [5.41, 5.74) is 1.34. The first kappa shape index (κ1) is 22.2. The SMILES string of the molecule is CCN(CC)C(CNC(=NC)NCC1CCOC1)c1ccccc1.I. The van der Waals surface area contributed by atoms with Crippen LogP contribution in [0.5, 0.6) is 0 Å². The van der Waals surface area contributed by atoms with Crippen molar-refractivity contribution in [2.45, 2.75) is 26.3 Å². The fourth-order valence-electron chi connectivity index (χ4n) is 3.20. The van der Waals surface area contributed by atoms with Gasteiger partial charge < -0.3 is 15.4 Å². The Labute approximate surface area is 169 Å². The third-order valence-electron chi connectivity index (χ3n) is 4.71. The Morgan fingerprint density at radius 2 is 1.96 bits per heavy atom. The first-order valence-electron chi connectivity index (χ1n) is 9.09. The number of benzene rings is 1. The molecular formula is C19H33IN4O. The van der Waals surface area contributed by atoms with Crippen LogP contribution in [0.1, 0.15) is 31.9 Å². The molecule has 0 saturated carbocycles. The Morgan fingerprint density at radius 3 is 2.52 bits per heavy atom. The smallest absolute Gasteiger partial charge is 0.191 e. The summed E-state index contributed by atoms with van der Waals surface area (Å²) in [7, 11) is 1.83. The van der Waals surface area contributed by atoms with Gasteiger partial charge in [-0.15, -0.1) is 24.0 Å². The van der Waals surface area contributed by atoms with Gasteiger partial charge in [-0.05, 0) is 25.1 Å². The molecule has 5 nitrogen and oxygen atoms in total. The maximum absolute atomic E-state index is 5.43. The molecule has 1 aliphatic rings. The minimum Gasteiger partial charge on any atom is -0.381 e. The van der Waals surface area contributed by atoms with Gasteiger partial charge in [-0.3, -0.25) is 9.89 Å². The molecule has 0 radical (unpaired) electrons. The van der Waals surface area contributed by atoms with Gasteiger partial charge in [0.1, 0.15) is 0 Å². The van der Waals surface area contributed by atoms with E-state index >= 15 is 0 Å². The second-order valence-corrected chi connectivity index (χ2v) is 6.21. The molecule has 1 fully saturated rings. The van der Waals surface area contributed by atoms with Crippen LogP contribution in [0, 0.1) is 5.92 Å². The van der Waals surface area contributed by atoms with Crippen molar-refractivity contribution in [3.63, 3.8) is 0 Å². The highest BCUT2D eigenvalue weighted by Gasteiger charge is 2.19. The number of hydrogen-bond donors (Lipinski definition) is 2. The van der Waals surface area contributed by atoms with Crippen molar-refractivity contribution < 1.29 is 4.74 Å². The number of hydrogen-bond acceptors (Lipinski definition) is 3. The van der Waals surface area contributed by atoms with Crippen molar-refractivity contribution in [3.8, 4) is 0 Å². The topological polar surface area (TPSA) is 48.9 Å². The van der Waals surface area contributed by atoms with E-state index in [4.69, 9.17) is 4.74 Å². The summed E-state index contributed by atoms with van der Waals surface area (Å²) < 4.78 is 5.43. The second-order valence-electron chi connectivity index (χ2n) is 6.21. The maximum atomic E-state index is 5.43. The van der Waals surface area contributed by atoms with E-state index < -0.39 is 0 Å². The lowest BCUT2D eigenvalue weighted by Gasteiger charge is -2.31. The van der Waals surface area contributed by atoms with E-state index in [-0.39, 0.29) is 24.0 Å². The molecule has 0 aliphatic carbocycles. The lowest BCUT2D eigenvalue weighted by atomic mass is 10.1. The first-order valence-corrected chi connectivity index (χ1v) is 9.09. The molecule has 0 spiro atoms. The molecular weight excluding hydrogens is 427 g/mol. The Morgan fingerprint density at radius 1 is 1.24 bits per heavy atom. The van der Waals surface area contributed by atoms with Crippen molar-refractivity contribution in [1.82, 2.24) is 15.5 Å². The largest absolute Gasteiger partial charge is 0.381 e. The summed E-state index contributed by atoms with van der Waals surface area (Å²) in [6.07, 6.45) is 1.14. The first-order chi connectivity index (χ1) is 11.8. The highest BCUT2D eigenvalue weighted by atomic mass is 127. The lowest BCUT2D eigenvalue weighted by Crippen LogP contribution is -2.44. The molecule has 6 heteroatoms. The van der Waals surface area contributed by atoms with Gasteiger partial charge in [0.25, 0.3) is 0 Å². The van der Waals surface area contributed by atoms with Crippen LogP contribution in [0.15, 0.2) is 35.3 Å². The molecule has 2 rings (SSSR count). The predicted molar refractivity (Wildman–Crippen MR) is 116 cm³/mol. The van der Waals surface area contributed by atoms with Crippen molar-refractivity contribution in [1.29, 1.82) is 0 Å². The molecule has 1 heterocycles. The Kier molecular flexibility index (Phi) is 11.1. The van der Waals surface area contributed by atoms with Gasteiger partial charge in [0.2, 0.25) is 0 Å². The zero-order valence-electron chi connectivity index (χ0n) is 15.7. The van der Waals surface area contributed by atoms with E-state index in [0.29, 0.717) is 12.0 Å². The molecule has 2 N–H and O–H groups in total. The summed E-state index contributed by atoms with van der Waals surface area (Å²) in [6, 6.07) is 11.0. The van der Waals surface area contributed by atoms with Crippen LogP contribution < -0.4 is 10.6 Å². The number of rotatable bonds is 8. The summed E-state index contributed by atoms with van der Waals surface area (Å²) in [5.74, 6) is 1.46. The van der Waals surface area contributed by atoms with E-state index in [9.17, 15) is 0 Å². The third kappa shape index (κ3) is 7.11. The number of likely N-dealkylation sites (N-methyl/N-ethyl adjacent to an activating group) is 1. The van der Waals surface area contributed by atoms with Crippen LogP contribution >= 0.6 is 24.0 Å². The monoisotopic (exact) mass is 460 g/mol. The zero-order chi connectivity index (χ0) is 17.2. The fraction of sp³-hybridized carbons (Fsp3) is 0.632. The molecule has 2 unspecified atom stereocenters. The highest BCUT2D eigenvalue weighted by Crippen LogP contribution is 2.19. The molecule has 1 saturated heterocycles. The predicted octanol–water partition coefficient (Wildman–Crippen LogP) is 2.89. The van der Waals surface area contributed by atoms with E-state index in [1.54, 1.807) is 0 Å². The minimum atomic E-state index is 0. The van der Waals surface area contributed by atoms with Gasteiger partial charge in [-0.2, -0.15) is 0 Å². The van der Waals surface area contributed by atoms with Crippen molar-refractivity contribution in [2.75, 3.05) is 46.4 Å². The Hall–Kier alpha value is -0.860. The third-order valence-corrected chi connectivity index (χ3v) is 4.71. The van der Waals surface area contributed by atoms with E-state index in [0.717, 1.165) is 51.8 Å². The number of ether oxygens (including phenoxy) is 1. The highest BCUT2D eigenvalue weighted by molar-refractivity contribution is 14.0. The second kappa shape index (κ2) is 12.5. The number of nitrogens with one attached hydrogen (secondary N) is 2. The van der Waals surface area contributed by atoms with Gasteiger partial charge in [0, 0.05) is 32.7 Å². The fourth-order valence-corrected chi connectivity index (χ4v) is 3.20. The van der Waals surface area contributed by atoms with Crippen LogP contribution in [0.4, 0.5) is 0 Å². The molecule has 0 amide bonds. The van der Waals surface area contributed by atoms with Gasteiger partial charge >= 0.3 is 0 Å². The van der Waals surface area contributed by atoms with Crippen LogP contribution in [-0.4, -0.2) is 57.3 Å². The van der Waals surface area contributed by atoms with Gasteiger partial charge in [0.05, 0.1) is 12.6 Å². The van der Waals surface area contributed by atoms with Crippen LogP contribution in [0.3, 0.4) is 0 Å². The summed E-state index contributed by atoms with van der Waals surface area (Å²) in [6.45, 7) is 9.99. The quantitative estimate of drug-likeness (QED) is 0.356. The Balaban J connectivity index is 0.00000312. The molecule has 142 valence electrons. The summed E-state index contributed by atoms with van der Waals surface area (Å²) in [5, 5.41) is 6.93. The van der Waals surface area contributed by atoms with Crippen molar-refractivity contribution >= 4 is 29.9 Å². The molecule has 1 aromatic carbocycles.